The molecule has 0 aliphatic heterocycles. The van der Waals surface area contributed by atoms with E-state index in [4.69, 9.17) is 0 Å². The van der Waals surface area contributed by atoms with Gasteiger partial charge in [-0.3, -0.25) is 9.88 Å². The van der Waals surface area contributed by atoms with Crippen molar-refractivity contribution in [3.8, 4) is 17.2 Å². The van der Waals surface area contributed by atoms with E-state index in [0.717, 1.165) is 16.7 Å². The number of carboxylic acid groups (broad SMARTS) is 1. The van der Waals surface area contributed by atoms with Crippen molar-refractivity contribution in [2.45, 2.75) is 13.0 Å². The van der Waals surface area contributed by atoms with Gasteiger partial charge in [0, 0.05) is 17.8 Å². The minimum Gasteiger partial charge on any atom is -0.465 e. The van der Waals surface area contributed by atoms with Crippen molar-refractivity contribution in [3.05, 3.63) is 84.3 Å². The summed E-state index contributed by atoms with van der Waals surface area (Å²) in [5.74, 6) is 0. The molecular weight excluding hydrogens is 378 g/mol. The van der Waals surface area contributed by atoms with Crippen molar-refractivity contribution in [3.63, 3.8) is 0 Å². The quantitative estimate of drug-likeness (QED) is 0.532. The summed E-state index contributed by atoms with van der Waals surface area (Å²) in [6.45, 7) is 1.78. The van der Waals surface area contributed by atoms with E-state index in [0.29, 0.717) is 10.9 Å². The average Bonchev–Trinajstić information content (AvgIpc) is 2.79. The third kappa shape index (κ3) is 3.42. The molecule has 0 aliphatic rings. The van der Waals surface area contributed by atoms with Crippen LogP contribution >= 0.6 is 0 Å². The first-order chi connectivity index (χ1) is 14.6. The van der Waals surface area contributed by atoms with Gasteiger partial charge in [0.15, 0.2) is 5.69 Å². The first-order valence-corrected chi connectivity index (χ1v) is 9.28. The van der Waals surface area contributed by atoms with Crippen LogP contribution in [0.15, 0.2) is 73.1 Å². The lowest BCUT2D eigenvalue weighted by atomic mass is 10.0. The summed E-state index contributed by atoms with van der Waals surface area (Å²) in [6, 6.07) is 20.0. The molecule has 7 nitrogen and oxygen atoms in total. The molecule has 0 saturated carbocycles. The largest absolute Gasteiger partial charge is 0.465 e. The lowest BCUT2D eigenvalue weighted by molar-refractivity contribution is 0.199. The predicted molar refractivity (Wildman–Crippen MR) is 113 cm³/mol. The standard InChI is InChI=1S/C23H17N5O2/c1-15(16-5-3-2-4-6-16)28(23(29)30)22-19-8-7-18(17-9-11-25-12-10-17)13-20(19)26-27-21(22)14-24/h2-13,15H,1H3,(H,29,30)/t15-/m0/s1. The molecule has 0 aliphatic carbocycles. The minimum atomic E-state index is -1.17. The SMILES string of the molecule is C[C@@H](c1ccccc1)N(C(=O)O)c1c(C#N)nnc2cc(-c3ccncc3)ccc12. The Balaban J connectivity index is 1.91. The highest BCUT2D eigenvalue weighted by Crippen LogP contribution is 2.35. The van der Waals surface area contributed by atoms with E-state index in [1.165, 1.54) is 4.90 Å². The van der Waals surface area contributed by atoms with Crippen molar-refractivity contribution in [2.24, 2.45) is 0 Å². The van der Waals surface area contributed by atoms with Crippen LogP contribution in [-0.4, -0.2) is 26.4 Å². The third-order valence-electron chi connectivity index (χ3n) is 4.97. The van der Waals surface area contributed by atoms with Gasteiger partial charge >= 0.3 is 6.09 Å². The number of hydrogen-bond acceptors (Lipinski definition) is 5. The summed E-state index contributed by atoms with van der Waals surface area (Å²) in [5, 5.41) is 28.4. The Kier molecular flexibility index (Phi) is 5.06. The van der Waals surface area contributed by atoms with Crippen molar-refractivity contribution >= 4 is 22.7 Å². The lowest BCUT2D eigenvalue weighted by Gasteiger charge is -2.28. The average molecular weight is 395 g/mol. The van der Waals surface area contributed by atoms with E-state index in [9.17, 15) is 15.2 Å². The second-order valence-corrected chi connectivity index (χ2v) is 6.72. The van der Waals surface area contributed by atoms with Gasteiger partial charge in [0.05, 0.1) is 17.2 Å². The highest BCUT2D eigenvalue weighted by Gasteiger charge is 2.28. The summed E-state index contributed by atoms with van der Waals surface area (Å²) in [4.78, 5) is 17.5. The molecule has 2 heterocycles. The number of carbonyl (C=O) groups is 1. The van der Waals surface area contributed by atoms with Crippen LogP contribution in [0.2, 0.25) is 0 Å². The number of nitriles is 1. The van der Waals surface area contributed by atoms with Crippen molar-refractivity contribution in [2.75, 3.05) is 4.90 Å². The zero-order valence-electron chi connectivity index (χ0n) is 16.1. The molecule has 2 aromatic carbocycles. The van der Waals surface area contributed by atoms with Gasteiger partial charge in [0.1, 0.15) is 6.07 Å². The van der Waals surface area contributed by atoms with Gasteiger partial charge in [0.25, 0.3) is 0 Å². The second kappa shape index (κ2) is 7.97. The number of fused-ring (bicyclic) bond motifs is 1. The van der Waals surface area contributed by atoms with Crippen molar-refractivity contribution in [1.82, 2.24) is 15.2 Å². The summed E-state index contributed by atoms with van der Waals surface area (Å²) in [6.07, 6.45) is 2.22. The number of pyridine rings is 1. The molecule has 4 aromatic rings. The zero-order valence-corrected chi connectivity index (χ0v) is 16.1. The molecule has 0 radical (unpaired) electrons. The number of benzene rings is 2. The molecule has 1 N–H and O–H groups in total. The van der Waals surface area contributed by atoms with Crippen LogP contribution in [0.1, 0.15) is 24.2 Å². The molecule has 1 atom stereocenters. The third-order valence-corrected chi connectivity index (χ3v) is 4.97. The number of anilines is 1. The fourth-order valence-electron chi connectivity index (χ4n) is 3.47. The van der Waals surface area contributed by atoms with Gasteiger partial charge in [-0.15, -0.1) is 10.2 Å². The van der Waals surface area contributed by atoms with Gasteiger partial charge in [-0.25, -0.2) is 4.79 Å². The molecule has 0 bridgehead atoms. The summed E-state index contributed by atoms with van der Waals surface area (Å²) in [7, 11) is 0. The van der Waals surface area contributed by atoms with E-state index in [2.05, 4.69) is 15.2 Å². The summed E-state index contributed by atoms with van der Waals surface area (Å²) in [5.41, 5.74) is 3.35. The second-order valence-electron chi connectivity index (χ2n) is 6.72. The van der Waals surface area contributed by atoms with Gasteiger partial charge < -0.3 is 5.11 Å². The number of amides is 1. The van der Waals surface area contributed by atoms with Crippen LogP contribution in [-0.2, 0) is 0 Å². The monoisotopic (exact) mass is 395 g/mol. The van der Waals surface area contributed by atoms with Crippen molar-refractivity contribution < 1.29 is 9.90 Å². The van der Waals surface area contributed by atoms with Gasteiger partial charge in [0.2, 0.25) is 0 Å². The van der Waals surface area contributed by atoms with E-state index < -0.39 is 12.1 Å². The van der Waals surface area contributed by atoms with Crippen LogP contribution in [0.4, 0.5) is 10.5 Å². The number of nitrogens with zero attached hydrogens (tertiary/aromatic N) is 5. The van der Waals surface area contributed by atoms with Gasteiger partial charge in [-0.1, -0.05) is 36.4 Å². The Bertz CT molecular complexity index is 1250. The maximum atomic E-state index is 12.3. The zero-order chi connectivity index (χ0) is 21.1. The molecule has 4 rings (SSSR count). The maximum Gasteiger partial charge on any atom is 0.412 e. The molecule has 0 fully saturated rings. The summed E-state index contributed by atoms with van der Waals surface area (Å²) < 4.78 is 0. The first kappa shape index (κ1) is 19.0. The van der Waals surface area contributed by atoms with Gasteiger partial charge in [-0.2, -0.15) is 5.26 Å². The maximum absolute atomic E-state index is 12.3. The van der Waals surface area contributed by atoms with Crippen LogP contribution in [0.3, 0.4) is 0 Å². The summed E-state index contributed by atoms with van der Waals surface area (Å²) >= 11 is 0. The van der Waals surface area contributed by atoms with Crippen LogP contribution < -0.4 is 4.90 Å². The Labute approximate surface area is 172 Å². The molecule has 1 amide bonds. The topological polar surface area (TPSA) is 103 Å². The fraction of sp³-hybridized carbons (Fsp3) is 0.0870. The minimum absolute atomic E-state index is 0.0376. The molecule has 0 spiro atoms. The van der Waals surface area contributed by atoms with Crippen LogP contribution in [0, 0.1) is 11.3 Å². The molecule has 7 heteroatoms. The molecular formula is C23H17N5O2. The lowest BCUT2D eigenvalue weighted by Crippen LogP contribution is -2.33. The first-order valence-electron chi connectivity index (χ1n) is 9.28. The van der Waals surface area contributed by atoms with E-state index in [-0.39, 0.29) is 11.4 Å². The Morgan fingerprint density at radius 2 is 1.77 bits per heavy atom. The molecule has 2 aromatic heterocycles. The van der Waals surface area contributed by atoms with Crippen LogP contribution in [0.25, 0.3) is 22.0 Å². The number of hydrogen-bond donors (Lipinski definition) is 1. The van der Waals surface area contributed by atoms with Gasteiger partial charge in [-0.05, 0) is 47.9 Å². The number of aromatic nitrogens is 3. The van der Waals surface area contributed by atoms with E-state index >= 15 is 0 Å². The molecule has 30 heavy (non-hydrogen) atoms. The Hall–Kier alpha value is -4.31. The predicted octanol–water partition coefficient (Wildman–Crippen LogP) is 4.81. The Morgan fingerprint density at radius 1 is 1.03 bits per heavy atom. The number of rotatable bonds is 4. The van der Waals surface area contributed by atoms with Crippen LogP contribution in [0.5, 0.6) is 0 Å². The van der Waals surface area contributed by atoms with E-state index in [1.807, 2.05) is 60.7 Å². The van der Waals surface area contributed by atoms with E-state index in [1.54, 1.807) is 25.4 Å². The normalized spacial score (nSPS) is 11.6. The highest BCUT2D eigenvalue weighted by atomic mass is 16.4. The molecule has 146 valence electrons. The fourth-order valence-corrected chi connectivity index (χ4v) is 3.47. The smallest absolute Gasteiger partial charge is 0.412 e. The van der Waals surface area contributed by atoms with Crippen molar-refractivity contribution in [1.29, 1.82) is 5.26 Å². The highest BCUT2D eigenvalue weighted by molar-refractivity contribution is 6.02. The molecule has 0 saturated heterocycles. The Morgan fingerprint density at radius 3 is 2.43 bits per heavy atom. The molecule has 0 unspecified atom stereocenters.